The third kappa shape index (κ3) is 6.65. The van der Waals surface area contributed by atoms with Gasteiger partial charge in [0.25, 0.3) is 6.71 Å². The van der Waals surface area contributed by atoms with Crippen LogP contribution in [-0.4, -0.2) is 6.71 Å². The van der Waals surface area contributed by atoms with Crippen LogP contribution in [0.4, 0.5) is 33.4 Å². The Kier molecular flexibility index (Phi) is 9.90. The van der Waals surface area contributed by atoms with Crippen molar-refractivity contribution in [2.75, 3.05) is 9.80 Å². The van der Waals surface area contributed by atoms with Gasteiger partial charge in [-0.3, -0.25) is 0 Å². The Morgan fingerprint density at radius 3 is 1.65 bits per heavy atom. The normalized spacial score (nSPS) is 19.0. The molecule has 0 bridgehead atoms. The quantitative estimate of drug-likeness (QED) is 0.164. The number of aryl methyl sites for hydroxylation is 1. The van der Waals surface area contributed by atoms with Crippen molar-refractivity contribution in [1.29, 1.82) is 0 Å². The van der Waals surface area contributed by atoms with E-state index < -0.39 is 11.0 Å². The van der Waals surface area contributed by atoms with E-state index in [0.717, 1.165) is 17.0 Å². The van der Waals surface area contributed by atoms with Gasteiger partial charge in [0.05, 0.1) is 16.1 Å². The van der Waals surface area contributed by atoms with Gasteiger partial charge in [-0.15, -0.1) is 11.3 Å². The minimum Gasteiger partial charge on any atom is -0.482 e. The van der Waals surface area contributed by atoms with Crippen LogP contribution in [0.3, 0.4) is 0 Å². The predicted molar refractivity (Wildman–Crippen MR) is 285 cm³/mol. The highest BCUT2D eigenvalue weighted by Gasteiger charge is 2.59. The van der Waals surface area contributed by atoms with Crippen molar-refractivity contribution in [3.8, 4) is 5.75 Å². The number of thiophene rings is 1. The van der Waals surface area contributed by atoms with Crippen LogP contribution in [0.15, 0.2) is 133 Å². The Morgan fingerprint density at radius 2 is 1.08 bits per heavy atom. The zero-order valence-electron chi connectivity index (χ0n) is 42.0. The second-order valence-corrected chi connectivity index (χ2v) is 24.9. The Hall–Kier alpha value is -5.52. The maximum absolute atomic E-state index is 7.90. The molecule has 1 aromatic heterocycles. The molecule has 6 aromatic carbocycles. The molecule has 0 N–H and O–H groups in total. The van der Waals surface area contributed by atoms with E-state index >= 15 is 0 Å². The Bertz CT molecular complexity index is 3030. The molecule has 0 amide bonds. The Balaban J connectivity index is 1.34. The van der Waals surface area contributed by atoms with Gasteiger partial charge < -0.3 is 14.5 Å². The van der Waals surface area contributed by atoms with E-state index in [2.05, 4.69) is 247 Å². The predicted octanol–water partition coefficient (Wildman–Crippen LogP) is 14.9. The lowest BCUT2D eigenvalue weighted by Gasteiger charge is -2.44. The average molecular weight is 887 g/mol. The first-order valence-corrected chi connectivity index (χ1v) is 24.9. The molecule has 336 valence electrons. The first kappa shape index (κ1) is 44.3. The summed E-state index contributed by atoms with van der Waals surface area (Å²) in [4.78, 5) is 6.59. The molecular formula is C61H67BN2OS. The number of fused-ring (bicyclic) bond motifs is 6. The average Bonchev–Trinajstić information content (AvgIpc) is 3.81. The fourth-order valence-corrected chi connectivity index (χ4v) is 12.4. The third-order valence-corrected chi connectivity index (χ3v) is 16.7. The van der Waals surface area contributed by atoms with Crippen molar-refractivity contribution in [1.82, 2.24) is 0 Å². The van der Waals surface area contributed by atoms with Gasteiger partial charge in [-0.05, 0) is 129 Å². The molecule has 2 unspecified atom stereocenters. The van der Waals surface area contributed by atoms with Crippen LogP contribution in [0.1, 0.15) is 141 Å². The van der Waals surface area contributed by atoms with E-state index in [1.54, 1.807) is 0 Å². The van der Waals surface area contributed by atoms with Crippen LogP contribution >= 0.6 is 11.3 Å². The van der Waals surface area contributed by atoms with Gasteiger partial charge in [0.2, 0.25) is 0 Å². The Morgan fingerprint density at radius 1 is 0.515 bits per heavy atom. The number of hydrogen-bond donors (Lipinski definition) is 0. The molecule has 0 saturated carbocycles. The van der Waals surface area contributed by atoms with E-state index in [1.165, 1.54) is 82.4 Å². The number of benzene rings is 6. The number of nitrogens with zero attached hydrogens (tertiary/aromatic N) is 2. The molecule has 0 radical (unpaired) electrons. The van der Waals surface area contributed by atoms with Gasteiger partial charge in [-0.2, -0.15) is 0 Å². The first-order valence-electron chi connectivity index (χ1n) is 24.0. The van der Waals surface area contributed by atoms with Gasteiger partial charge in [-0.1, -0.05) is 180 Å². The van der Waals surface area contributed by atoms with Crippen molar-refractivity contribution in [3.63, 3.8) is 0 Å². The molecule has 5 heteroatoms. The van der Waals surface area contributed by atoms with Crippen LogP contribution in [-0.2, 0) is 32.7 Å². The van der Waals surface area contributed by atoms with Gasteiger partial charge in [0, 0.05) is 33.2 Å². The van der Waals surface area contributed by atoms with Gasteiger partial charge >= 0.3 is 0 Å². The van der Waals surface area contributed by atoms with Gasteiger partial charge in [-0.25, -0.2) is 0 Å². The van der Waals surface area contributed by atoms with Crippen molar-refractivity contribution in [2.45, 2.75) is 137 Å². The smallest absolute Gasteiger partial charge is 0.258 e. The van der Waals surface area contributed by atoms with Crippen molar-refractivity contribution < 1.29 is 4.74 Å². The van der Waals surface area contributed by atoms with Crippen LogP contribution in [0, 0.1) is 6.92 Å². The van der Waals surface area contributed by atoms with E-state index in [4.69, 9.17) is 4.74 Å². The van der Waals surface area contributed by atoms with E-state index in [9.17, 15) is 0 Å². The first-order chi connectivity index (χ1) is 30.9. The second kappa shape index (κ2) is 14.7. The molecule has 66 heavy (non-hydrogen) atoms. The van der Waals surface area contributed by atoms with Gasteiger partial charge in [0.1, 0.15) is 11.4 Å². The summed E-state index contributed by atoms with van der Waals surface area (Å²) in [5.74, 6) is 0.997. The minimum absolute atomic E-state index is 0.0111. The molecule has 3 aliphatic heterocycles. The van der Waals surface area contributed by atoms with Crippen LogP contribution in [0.25, 0.3) is 0 Å². The number of anilines is 6. The molecule has 0 fully saturated rings. The molecule has 4 heterocycles. The SMILES string of the molecule is Cc1cc2c3c(c1)N(c1ccc(C(C)(C)C)cc1C(C)(C)C)c1sc(C(C)(C)C)cc1B3c1c(ccc3c1OC(C)(c1ccccc1)C3(C)c1ccccc1)N2c1ccc(C(C)(C)C)cc1. The maximum atomic E-state index is 7.90. The fraction of sp³-hybridized carbons (Fsp3) is 0.344. The topological polar surface area (TPSA) is 15.7 Å². The van der Waals surface area contributed by atoms with E-state index in [0.29, 0.717) is 0 Å². The summed E-state index contributed by atoms with van der Waals surface area (Å²) in [6.07, 6.45) is 0. The highest BCUT2D eigenvalue weighted by molar-refractivity contribution is 7.20. The summed E-state index contributed by atoms with van der Waals surface area (Å²) in [6.45, 7) is 35.0. The summed E-state index contributed by atoms with van der Waals surface area (Å²) in [5.41, 5.74) is 17.5. The molecule has 0 aliphatic carbocycles. The van der Waals surface area contributed by atoms with Crippen LogP contribution < -0.4 is 30.9 Å². The number of hydrogen-bond acceptors (Lipinski definition) is 4. The third-order valence-electron chi connectivity index (χ3n) is 15.1. The molecule has 7 aromatic rings. The van der Waals surface area contributed by atoms with Crippen molar-refractivity contribution in [3.05, 3.63) is 177 Å². The molecule has 3 aliphatic rings. The zero-order valence-corrected chi connectivity index (χ0v) is 42.8. The standard InChI is InChI=1S/C61H67BN2OS/c1-38-34-49-52-50(35-38)64(47-32-28-42(57(5,6)7)36-45(47)58(8,9)10)55-46(37-51(66-55)59(11,12)13)62(52)53-48(63(49)43-29-26-39(27-30-43)56(2,3)4)33-31-44-54(53)65-61(15,41-24-20-17-21-25-41)60(44,14)40-22-18-16-19-23-40/h16-37H,1-15H3. The number of rotatable bonds is 4. The summed E-state index contributed by atoms with van der Waals surface area (Å²) in [7, 11) is 0. The molecule has 0 saturated heterocycles. The van der Waals surface area contributed by atoms with E-state index in [-0.39, 0.29) is 28.4 Å². The fourth-order valence-electron chi connectivity index (χ4n) is 11.1. The molecule has 0 spiro atoms. The second-order valence-electron chi connectivity index (χ2n) is 23.8. The molecule has 10 rings (SSSR count). The zero-order chi connectivity index (χ0) is 47.1. The summed E-state index contributed by atoms with van der Waals surface area (Å²) < 4.78 is 7.90. The summed E-state index contributed by atoms with van der Waals surface area (Å²) >= 11 is 1.97. The summed E-state index contributed by atoms with van der Waals surface area (Å²) in [5, 5.41) is 1.30. The van der Waals surface area contributed by atoms with Gasteiger partial charge in [0.15, 0.2) is 0 Å². The Labute approximate surface area is 400 Å². The largest absolute Gasteiger partial charge is 0.482 e. The lowest BCUT2D eigenvalue weighted by atomic mass is 9.33. The van der Waals surface area contributed by atoms with Crippen LogP contribution in [0.2, 0.25) is 0 Å². The molecule has 2 atom stereocenters. The lowest BCUT2D eigenvalue weighted by Crippen LogP contribution is -2.61. The van der Waals surface area contributed by atoms with E-state index in [1.807, 2.05) is 11.3 Å². The van der Waals surface area contributed by atoms with Crippen molar-refractivity contribution in [2.24, 2.45) is 0 Å². The molecular weight excluding hydrogens is 820 g/mol. The lowest BCUT2D eigenvalue weighted by molar-refractivity contribution is 0.0586. The maximum Gasteiger partial charge on any atom is 0.258 e. The molecule has 3 nitrogen and oxygen atoms in total. The highest BCUT2D eigenvalue weighted by Crippen LogP contribution is 2.59. The summed E-state index contributed by atoms with van der Waals surface area (Å²) in [6, 6.07) is 50.9. The highest BCUT2D eigenvalue weighted by atomic mass is 32.1. The monoisotopic (exact) mass is 887 g/mol. The van der Waals surface area contributed by atoms with Crippen molar-refractivity contribution >= 4 is 67.9 Å². The van der Waals surface area contributed by atoms with Crippen LogP contribution in [0.5, 0.6) is 5.75 Å². The minimum atomic E-state index is -0.714. The number of ether oxygens (including phenoxy) is 1.